The molecule has 3 aliphatic heterocycles. The molecule has 3 N–H and O–H groups in total. The number of aliphatic hydroxyl groups excluding tert-OH is 1. The minimum Gasteiger partial charge on any atom is -0.394 e. The van der Waals surface area contributed by atoms with Gasteiger partial charge in [-0.25, -0.2) is 0 Å². The average Bonchev–Trinajstić information content (AvgIpc) is 3.52. The summed E-state index contributed by atoms with van der Waals surface area (Å²) in [7, 11) is 0. The van der Waals surface area contributed by atoms with E-state index in [1.54, 1.807) is 16.7 Å². The van der Waals surface area contributed by atoms with Crippen molar-refractivity contribution in [2.75, 3.05) is 13.2 Å². The lowest BCUT2D eigenvalue weighted by molar-refractivity contribution is -0.143. The van der Waals surface area contributed by atoms with E-state index in [2.05, 4.69) is 24.5 Å². The molecule has 2 bridgehead atoms. The molecule has 3 aliphatic rings. The summed E-state index contributed by atoms with van der Waals surface area (Å²) in [4.78, 5) is 43.7. The highest BCUT2D eigenvalue weighted by atomic mass is 32.2. The molecule has 3 heterocycles. The van der Waals surface area contributed by atoms with Crippen molar-refractivity contribution in [3.8, 4) is 0 Å². The maximum Gasteiger partial charge on any atom is 0.244 e. The molecule has 2 unspecified atom stereocenters. The fourth-order valence-electron chi connectivity index (χ4n) is 7.01. The van der Waals surface area contributed by atoms with Crippen LogP contribution in [0, 0.1) is 11.8 Å². The lowest BCUT2D eigenvalue weighted by Gasteiger charge is -2.37. The molecule has 1 spiro atoms. The van der Waals surface area contributed by atoms with Crippen LogP contribution in [0.15, 0.2) is 60.7 Å². The first kappa shape index (κ1) is 27.7. The van der Waals surface area contributed by atoms with Gasteiger partial charge in [0, 0.05) is 17.8 Å². The van der Waals surface area contributed by atoms with Crippen molar-refractivity contribution in [2.24, 2.45) is 11.8 Å². The molecular weight excluding hydrogens is 510 g/mol. The molecule has 2 aromatic rings. The number of benzene rings is 2. The lowest BCUT2D eigenvalue weighted by Crippen LogP contribution is -2.54. The van der Waals surface area contributed by atoms with Gasteiger partial charge in [0.2, 0.25) is 17.7 Å². The summed E-state index contributed by atoms with van der Waals surface area (Å²) in [5.74, 6) is -1.71. The molecule has 5 rings (SSSR count). The van der Waals surface area contributed by atoms with Crippen molar-refractivity contribution in [3.63, 3.8) is 0 Å². The third-order valence-corrected chi connectivity index (χ3v) is 10.8. The van der Waals surface area contributed by atoms with E-state index in [4.69, 9.17) is 0 Å². The van der Waals surface area contributed by atoms with E-state index in [0.717, 1.165) is 36.8 Å². The standard InChI is InChI=1S/C31H39N3O4S/c1-3-4-11-18-32-28(37)26-31-17-16-30(2,39-31)24(27(36)33-19-21-12-7-5-8-13-21)25(31)29(38)34(26)23(20-35)22-14-9-6-10-15-22/h5-10,12-15,23-26,35H,3-4,11,16-20H2,1-2H3,(H,32,37)(H,33,36)/t23-,24+,25+,26?,30-,31?/m1/s1. The van der Waals surface area contributed by atoms with E-state index >= 15 is 0 Å². The smallest absolute Gasteiger partial charge is 0.244 e. The Kier molecular flexibility index (Phi) is 8.06. The summed E-state index contributed by atoms with van der Waals surface area (Å²) in [6, 6.07) is 17.7. The van der Waals surface area contributed by atoms with E-state index in [1.165, 1.54) is 0 Å². The molecule has 3 amide bonds. The summed E-state index contributed by atoms with van der Waals surface area (Å²) in [6.45, 7) is 4.83. The van der Waals surface area contributed by atoms with Crippen LogP contribution >= 0.6 is 11.8 Å². The van der Waals surface area contributed by atoms with Crippen LogP contribution in [0.1, 0.15) is 63.1 Å². The van der Waals surface area contributed by atoms with Gasteiger partial charge in [0.15, 0.2) is 0 Å². The highest BCUT2D eigenvalue weighted by molar-refractivity contribution is 8.02. The Morgan fingerprint density at radius 1 is 1.03 bits per heavy atom. The Balaban J connectivity index is 1.49. The quantitative estimate of drug-likeness (QED) is 0.370. The van der Waals surface area contributed by atoms with Crippen molar-refractivity contribution >= 4 is 29.5 Å². The van der Waals surface area contributed by atoms with Gasteiger partial charge in [-0.05, 0) is 37.3 Å². The molecule has 0 radical (unpaired) electrons. The van der Waals surface area contributed by atoms with Crippen molar-refractivity contribution in [1.29, 1.82) is 0 Å². The van der Waals surface area contributed by atoms with Crippen LogP contribution in [0.25, 0.3) is 0 Å². The number of hydrogen-bond acceptors (Lipinski definition) is 5. The average molecular weight is 550 g/mol. The molecule has 7 nitrogen and oxygen atoms in total. The zero-order chi connectivity index (χ0) is 27.6. The van der Waals surface area contributed by atoms with E-state index in [-0.39, 0.29) is 24.3 Å². The molecule has 3 saturated heterocycles. The van der Waals surface area contributed by atoms with Crippen LogP contribution in [0.5, 0.6) is 0 Å². The van der Waals surface area contributed by atoms with Gasteiger partial charge in [-0.3, -0.25) is 14.4 Å². The summed E-state index contributed by atoms with van der Waals surface area (Å²) in [5, 5.41) is 16.8. The second kappa shape index (κ2) is 11.3. The second-order valence-corrected chi connectivity index (χ2v) is 13.2. The van der Waals surface area contributed by atoms with Crippen molar-refractivity contribution in [1.82, 2.24) is 15.5 Å². The van der Waals surface area contributed by atoms with Gasteiger partial charge >= 0.3 is 0 Å². The number of nitrogens with zero attached hydrogens (tertiary/aromatic N) is 1. The van der Waals surface area contributed by atoms with Crippen LogP contribution in [0.2, 0.25) is 0 Å². The first-order valence-electron chi connectivity index (χ1n) is 14.1. The molecular formula is C31H39N3O4S. The second-order valence-electron chi connectivity index (χ2n) is 11.3. The number of fused-ring (bicyclic) bond motifs is 1. The van der Waals surface area contributed by atoms with E-state index < -0.39 is 33.4 Å². The van der Waals surface area contributed by atoms with E-state index in [1.807, 2.05) is 60.7 Å². The Bertz CT molecular complexity index is 1190. The first-order chi connectivity index (χ1) is 18.9. The Morgan fingerprint density at radius 2 is 1.72 bits per heavy atom. The van der Waals surface area contributed by atoms with Crippen molar-refractivity contribution in [3.05, 3.63) is 71.8 Å². The zero-order valence-electron chi connectivity index (χ0n) is 22.8. The van der Waals surface area contributed by atoms with Gasteiger partial charge in [0.1, 0.15) is 6.04 Å². The molecule has 39 heavy (non-hydrogen) atoms. The number of carbonyl (C=O) groups excluding carboxylic acids is 3. The SMILES string of the molecule is CCCCCNC(=O)C1N([C@H](CO)c2ccccc2)C(=O)[C@@H]2[C@@H](C(=O)NCc3ccccc3)[C@@]3(C)CCC12S3. The fourth-order valence-corrected chi connectivity index (χ4v) is 9.35. The number of hydrogen-bond donors (Lipinski definition) is 3. The Labute approximate surface area is 235 Å². The van der Waals surface area contributed by atoms with Crippen molar-refractivity contribution in [2.45, 2.75) is 74.1 Å². The highest BCUT2D eigenvalue weighted by Gasteiger charge is 2.77. The number of nitrogens with one attached hydrogen (secondary N) is 2. The molecule has 0 aromatic heterocycles. The van der Waals surface area contributed by atoms with Crippen molar-refractivity contribution < 1.29 is 19.5 Å². The number of likely N-dealkylation sites (tertiary alicyclic amines) is 1. The number of aliphatic hydroxyl groups is 1. The Hall–Kier alpha value is -2.84. The van der Waals surface area contributed by atoms with Gasteiger partial charge in [0.05, 0.1) is 29.2 Å². The maximum atomic E-state index is 14.4. The van der Waals surface area contributed by atoms with Crippen LogP contribution < -0.4 is 10.6 Å². The first-order valence-corrected chi connectivity index (χ1v) is 15.0. The Morgan fingerprint density at radius 3 is 2.38 bits per heavy atom. The normalized spacial score (nSPS) is 29.8. The summed E-state index contributed by atoms with van der Waals surface area (Å²) < 4.78 is -1.15. The van der Waals surface area contributed by atoms with Crippen LogP contribution in [-0.2, 0) is 20.9 Å². The molecule has 0 saturated carbocycles. The number of unbranched alkanes of at least 4 members (excludes halogenated alkanes) is 2. The van der Waals surface area contributed by atoms with Gasteiger partial charge in [-0.2, -0.15) is 0 Å². The molecule has 6 atom stereocenters. The van der Waals surface area contributed by atoms with Crippen LogP contribution in [-0.4, -0.2) is 56.4 Å². The number of rotatable bonds is 11. The summed E-state index contributed by atoms with van der Waals surface area (Å²) >= 11 is 1.65. The monoisotopic (exact) mass is 549 g/mol. The predicted molar refractivity (Wildman–Crippen MR) is 153 cm³/mol. The number of amides is 3. The summed E-state index contributed by atoms with van der Waals surface area (Å²) in [5.41, 5.74) is 1.78. The van der Waals surface area contributed by atoms with E-state index in [0.29, 0.717) is 19.5 Å². The third kappa shape index (κ3) is 4.86. The van der Waals surface area contributed by atoms with Gasteiger partial charge < -0.3 is 20.6 Å². The zero-order valence-corrected chi connectivity index (χ0v) is 23.6. The third-order valence-electron chi connectivity index (χ3n) is 8.83. The highest BCUT2D eigenvalue weighted by Crippen LogP contribution is 2.72. The molecule has 3 fully saturated rings. The van der Waals surface area contributed by atoms with E-state index in [9.17, 15) is 19.5 Å². The minimum atomic E-state index is -0.757. The van der Waals surface area contributed by atoms with Gasteiger partial charge in [-0.15, -0.1) is 11.8 Å². The van der Waals surface area contributed by atoms with Crippen LogP contribution in [0.3, 0.4) is 0 Å². The molecule has 8 heteroatoms. The van der Waals surface area contributed by atoms with Gasteiger partial charge in [0.25, 0.3) is 0 Å². The molecule has 2 aromatic carbocycles. The number of thioether (sulfide) groups is 1. The predicted octanol–water partition coefficient (Wildman–Crippen LogP) is 3.82. The summed E-state index contributed by atoms with van der Waals surface area (Å²) in [6.07, 6.45) is 4.37. The number of carbonyl (C=O) groups is 3. The topological polar surface area (TPSA) is 98.7 Å². The minimum absolute atomic E-state index is 0.141. The maximum absolute atomic E-state index is 14.4. The van der Waals surface area contributed by atoms with Gasteiger partial charge in [-0.1, -0.05) is 80.4 Å². The molecule has 0 aliphatic carbocycles. The van der Waals surface area contributed by atoms with Crippen LogP contribution in [0.4, 0.5) is 0 Å². The fraction of sp³-hybridized carbons (Fsp3) is 0.516. The largest absolute Gasteiger partial charge is 0.394 e. The molecule has 208 valence electrons. The lowest BCUT2D eigenvalue weighted by atomic mass is 9.66.